The average molecular weight is 492 g/mol. The van der Waals surface area contributed by atoms with Crippen LogP contribution in [-0.4, -0.2) is 35.3 Å². The van der Waals surface area contributed by atoms with E-state index in [0.29, 0.717) is 16.9 Å². The number of anilines is 1. The van der Waals surface area contributed by atoms with E-state index < -0.39 is 35.1 Å². The fourth-order valence-corrected chi connectivity index (χ4v) is 3.62. The van der Waals surface area contributed by atoms with Gasteiger partial charge in [0.05, 0.1) is 12.8 Å². The summed E-state index contributed by atoms with van der Waals surface area (Å²) in [4.78, 5) is 41.3. The molecule has 0 aliphatic heterocycles. The molecule has 0 saturated carbocycles. The van der Waals surface area contributed by atoms with Gasteiger partial charge in [-0.3, -0.25) is 14.4 Å². The van der Waals surface area contributed by atoms with Crippen LogP contribution in [0.15, 0.2) is 78.9 Å². The third-order valence-corrected chi connectivity index (χ3v) is 5.26. The Morgan fingerprint density at radius 3 is 2.11 bits per heavy atom. The predicted molar refractivity (Wildman–Crippen MR) is 136 cm³/mol. The molecule has 36 heavy (non-hydrogen) atoms. The molecule has 3 amide bonds. The van der Waals surface area contributed by atoms with E-state index in [1.165, 1.54) is 23.1 Å². The standard InChI is InChI=1S/C28H30FN3O4/c1-28(2,3)31-25(33)24(20-10-6-5-7-11-20)32(18-19-14-16-21(36-4)17-15-19)27(35)26(34)30-23-13-9-8-12-22(23)29/h5-17,24H,18H2,1-4H3,(H,30,34)(H,31,33)/t24-/m0/s1. The Kier molecular flexibility index (Phi) is 8.42. The van der Waals surface area contributed by atoms with Gasteiger partial charge in [0.25, 0.3) is 0 Å². The van der Waals surface area contributed by atoms with Crippen molar-refractivity contribution in [1.29, 1.82) is 0 Å². The predicted octanol–water partition coefficient (Wildman–Crippen LogP) is 4.46. The van der Waals surface area contributed by atoms with E-state index in [1.807, 2.05) is 20.8 Å². The van der Waals surface area contributed by atoms with Crippen molar-refractivity contribution in [1.82, 2.24) is 10.2 Å². The number of hydrogen-bond donors (Lipinski definition) is 2. The van der Waals surface area contributed by atoms with E-state index in [-0.39, 0.29) is 12.2 Å². The number of nitrogens with one attached hydrogen (secondary N) is 2. The third-order valence-electron chi connectivity index (χ3n) is 5.26. The molecule has 0 heterocycles. The number of rotatable bonds is 7. The summed E-state index contributed by atoms with van der Waals surface area (Å²) in [5, 5.41) is 5.24. The Balaban J connectivity index is 2.03. The Bertz CT molecular complexity index is 1210. The minimum Gasteiger partial charge on any atom is -0.497 e. The zero-order valence-electron chi connectivity index (χ0n) is 20.7. The fraction of sp³-hybridized carbons (Fsp3) is 0.250. The molecular weight excluding hydrogens is 461 g/mol. The van der Waals surface area contributed by atoms with Crippen molar-refractivity contribution in [2.45, 2.75) is 38.9 Å². The van der Waals surface area contributed by atoms with Crippen LogP contribution in [0.5, 0.6) is 5.75 Å². The monoisotopic (exact) mass is 491 g/mol. The van der Waals surface area contributed by atoms with Crippen molar-refractivity contribution in [2.75, 3.05) is 12.4 Å². The van der Waals surface area contributed by atoms with Crippen LogP contribution in [-0.2, 0) is 20.9 Å². The van der Waals surface area contributed by atoms with Crippen molar-refractivity contribution in [2.24, 2.45) is 0 Å². The summed E-state index contributed by atoms with van der Waals surface area (Å²) in [5.41, 5.74) is 0.483. The van der Waals surface area contributed by atoms with E-state index in [9.17, 15) is 18.8 Å². The summed E-state index contributed by atoms with van der Waals surface area (Å²) < 4.78 is 19.4. The molecule has 3 aromatic carbocycles. The Hall–Kier alpha value is -4.20. The van der Waals surface area contributed by atoms with Gasteiger partial charge >= 0.3 is 11.8 Å². The van der Waals surface area contributed by atoms with Gasteiger partial charge in [-0.1, -0.05) is 54.6 Å². The number of carbonyl (C=O) groups is 3. The SMILES string of the molecule is COc1ccc(CN(C(=O)C(=O)Nc2ccccc2F)[C@H](C(=O)NC(C)(C)C)c2ccccc2)cc1. The Labute approximate surface area is 210 Å². The molecule has 0 aliphatic rings. The number of nitrogens with zero attached hydrogens (tertiary/aromatic N) is 1. The molecule has 0 unspecified atom stereocenters. The average Bonchev–Trinajstić information content (AvgIpc) is 2.84. The molecule has 8 heteroatoms. The molecule has 0 radical (unpaired) electrons. The van der Waals surface area contributed by atoms with E-state index in [0.717, 1.165) is 0 Å². The Morgan fingerprint density at radius 2 is 1.53 bits per heavy atom. The number of methoxy groups -OCH3 is 1. The van der Waals surface area contributed by atoms with Crippen molar-refractivity contribution < 1.29 is 23.5 Å². The molecule has 7 nitrogen and oxygen atoms in total. The first kappa shape index (κ1) is 26.4. The summed E-state index contributed by atoms with van der Waals surface area (Å²) in [6.45, 7) is 5.43. The molecule has 2 N–H and O–H groups in total. The summed E-state index contributed by atoms with van der Waals surface area (Å²) in [5.74, 6) is -2.54. The molecule has 0 saturated heterocycles. The number of hydrogen-bond acceptors (Lipinski definition) is 4. The van der Waals surface area contributed by atoms with Crippen molar-refractivity contribution in [3.63, 3.8) is 0 Å². The number of carbonyl (C=O) groups excluding carboxylic acids is 3. The molecule has 1 atom stereocenters. The molecule has 0 spiro atoms. The highest BCUT2D eigenvalue weighted by atomic mass is 19.1. The quantitative estimate of drug-likeness (QED) is 0.478. The van der Waals surface area contributed by atoms with E-state index in [1.54, 1.807) is 67.8 Å². The highest BCUT2D eigenvalue weighted by Crippen LogP contribution is 2.26. The van der Waals surface area contributed by atoms with Gasteiger partial charge in [0.1, 0.15) is 17.6 Å². The summed E-state index contributed by atoms with van der Waals surface area (Å²) >= 11 is 0. The van der Waals surface area contributed by atoms with E-state index in [4.69, 9.17) is 4.74 Å². The maximum absolute atomic E-state index is 14.2. The number of halogens is 1. The lowest BCUT2D eigenvalue weighted by atomic mass is 10.0. The summed E-state index contributed by atoms with van der Waals surface area (Å²) in [6, 6.07) is 20.1. The zero-order valence-corrected chi connectivity index (χ0v) is 20.7. The number of amides is 3. The van der Waals surface area contributed by atoms with Crippen LogP contribution in [0.3, 0.4) is 0 Å². The van der Waals surface area contributed by atoms with Gasteiger partial charge in [-0.15, -0.1) is 0 Å². The maximum Gasteiger partial charge on any atom is 0.314 e. The van der Waals surface area contributed by atoms with Crippen LogP contribution < -0.4 is 15.4 Å². The largest absolute Gasteiger partial charge is 0.497 e. The van der Waals surface area contributed by atoms with Gasteiger partial charge in [-0.2, -0.15) is 0 Å². The van der Waals surface area contributed by atoms with Crippen molar-refractivity contribution in [3.8, 4) is 5.75 Å². The second kappa shape index (κ2) is 11.5. The highest BCUT2D eigenvalue weighted by molar-refractivity contribution is 6.39. The lowest BCUT2D eigenvalue weighted by molar-refractivity contribution is -0.148. The molecule has 3 aromatic rings. The lowest BCUT2D eigenvalue weighted by Gasteiger charge is -2.33. The zero-order chi connectivity index (χ0) is 26.3. The summed E-state index contributed by atoms with van der Waals surface area (Å²) in [6.07, 6.45) is 0. The molecular formula is C28H30FN3O4. The summed E-state index contributed by atoms with van der Waals surface area (Å²) in [7, 11) is 1.54. The first-order valence-electron chi connectivity index (χ1n) is 11.5. The van der Waals surface area contributed by atoms with Gasteiger partial charge in [0.15, 0.2) is 0 Å². The first-order chi connectivity index (χ1) is 17.1. The van der Waals surface area contributed by atoms with Gasteiger partial charge in [0, 0.05) is 12.1 Å². The van der Waals surface area contributed by atoms with Crippen LogP contribution in [0.1, 0.15) is 37.9 Å². The topological polar surface area (TPSA) is 87.7 Å². The van der Waals surface area contributed by atoms with Gasteiger partial charge < -0.3 is 20.3 Å². The smallest absolute Gasteiger partial charge is 0.314 e. The second-order valence-corrected chi connectivity index (χ2v) is 9.27. The van der Waals surface area contributed by atoms with Crippen molar-refractivity contribution in [3.05, 3.63) is 95.8 Å². The van der Waals surface area contributed by atoms with Crippen LogP contribution in [0.2, 0.25) is 0 Å². The van der Waals surface area contributed by atoms with Gasteiger partial charge in [-0.05, 0) is 56.2 Å². The maximum atomic E-state index is 14.2. The van der Waals surface area contributed by atoms with Crippen molar-refractivity contribution >= 4 is 23.4 Å². The number of benzene rings is 3. The van der Waals surface area contributed by atoms with Crippen LogP contribution in [0, 0.1) is 5.82 Å². The first-order valence-corrected chi connectivity index (χ1v) is 11.5. The van der Waals surface area contributed by atoms with E-state index >= 15 is 0 Å². The molecule has 0 aliphatic carbocycles. The minimum atomic E-state index is -1.12. The van der Waals surface area contributed by atoms with Gasteiger partial charge in [-0.25, -0.2) is 4.39 Å². The molecule has 0 fully saturated rings. The molecule has 188 valence electrons. The van der Waals surface area contributed by atoms with Crippen LogP contribution >= 0.6 is 0 Å². The number of para-hydroxylation sites is 1. The highest BCUT2D eigenvalue weighted by Gasteiger charge is 2.36. The molecule has 0 bridgehead atoms. The molecule has 3 rings (SSSR count). The van der Waals surface area contributed by atoms with E-state index in [2.05, 4.69) is 10.6 Å². The van der Waals surface area contributed by atoms with Gasteiger partial charge in [0.2, 0.25) is 5.91 Å². The molecule has 0 aromatic heterocycles. The third kappa shape index (κ3) is 6.91. The lowest BCUT2D eigenvalue weighted by Crippen LogP contribution is -2.51. The van der Waals surface area contributed by atoms with Crippen LogP contribution in [0.4, 0.5) is 10.1 Å². The number of ether oxygens (including phenoxy) is 1. The second-order valence-electron chi connectivity index (χ2n) is 9.27. The minimum absolute atomic E-state index is 0.0509. The van der Waals surface area contributed by atoms with Crippen LogP contribution in [0.25, 0.3) is 0 Å². The Morgan fingerprint density at radius 1 is 0.917 bits per heavy atom. The normalized spacial score (nSPS) is 11.8. The fourth-order valence-electron chi connectivity index (χ4n) is 3.62.